The van der Waals surface area contributed by atoms with Gasteiger partial charge in [0.25, 0.3) is 0 Å². The Balaban J connectivity index is 2.13. The molecule has 1 unspecified atom stereocenters. The van der Waals surface area contributed by atoms with E-state index in [1.165, 1.54) is 0 Å². The summed E-state index contributed by atoms with van der Waals surface area (Å²) in [5.41, 5.74) is 2.06. The first-order chi connectivity index (χ1) is 8.69. The average molecular weight is 261 g/mol. The monoisotopic (exact) mass is 261 g/mol. The van der Waals surface area contributed by atoms with Gasteiger partial charge >= 0.3 is 0 Å². The van der Waals surface area contributed by atoms with E-state index >= 15 is 0 Å². The Morgan fingerprint density at radius 1 is 1.11 bits per heavy atom. The molecule has 0 aliphatic heterocycles. The number of benzene rings is 2. The normalized spacial score (nSPS) is 11.9. The summed E-state index contributed by atoms with van der Waals surface area (Å²) in [5.74, 6) is 0.584. The lowest BCUT2D eigenvalue weighted by molar-refractivity contribution is 0.562. The van der Waals surface area contributed by atoms with E-state index < -0.39 is 11.1 Å². The number of anilines is 1. The van der Waals surface area contributed by atoms with Crippen LogP contribution in [0.3, 0.4) is 0 Å². The van der Waals surface area contributed by atoms with Crippen molar-refractivity contribution in [2.75, 3.05) is 12.4 Å². The van der Waals surface area contributed by atoms with Crippen molar-refractivity contribution in [2.45, 2.75) is 11.8 Å². The van der Waals surface area contributed by atoms with Gasteiger partial charge in [0.05, 0.1) is 4.90 Å². The molecule has 0 saturated carbocycles. The lowest BCUT2D eigenvalue weighted by Crippen LogP contribution is -2.01. The Bertz CT molecular complexity index is 552. The Kier molecular flexibility index (Phi) is 3.99. The molecule has 2 rings (SSSR count). The number of rotatable bonds is 4. The third kappa shape index (κ3) is 3.11. The maximum absolute atomic E-state index is 12.0. The summed E-state index contributed by atoms with van der Waals surface area (Å²) < 4.78 is 17.4. The summed E-state index contributed by atoms with van der Waals surface area (Å²) >= 11 is -1.48. The van der Waals surface area contributed by atoms with Crippen molar-refractivity contribution in [1.29, 1.82) is 0 Å². The molecular weight excluding hydrogens is 246 g/mol. The predicted octanol–water partition coefficient (Wildman–Crippen LogP) is 3.14. The number of aryl methyl sites for hydroxylation is 1. The lowest BCUT2D eigenvalue weighted by atomic mass is 10.2. The largest absolute Gasteiger partial charge is 0.397 e. The fraction of sp³-hybridized carbons (Fsp3) is 0.143. The predicted molar refractivity (Wildman–Crippen MR) is 74.2 cm³/mol. The van der Waals surface area contributed by atoms with Gasteiger partial charge in [-0.3, -0.25) is 0 Å². The van der Waals surface area contributed by atoms with Gasteiger partial charge in [-0.25, -0.2) is 4.21 Å². The number of nitrogens with one attached hydrogen (secondary N) is 1. The van der Waals surface area contributed by atoms with Crippen LogP contribution in [0.4, 0.5) is 5.69 Å². The number of hydrogen-bond donors (Lipinski definition) is 1. The molecule has 4 heteroatoms. The minimum absolute atomic E-state index is 0.584. The first-order valence-corrected chi connectivity index (χ1v) is 6.71. The third-order valence-electron chi connectivity index (χ3n) is 2.51. The van der Waals surface area contributed by atoms with Crippen LogP contribution in [0.25, 0.3) is 0 Å². The fourth-order valence-corrected chi connectivity index (χ4v) is 2.22. The zero-order chi connectivity index (χ0) is 13.0. The van der Waals surface area contributed by atoms with Crippen molar-refractivity contribution >= 4 is 16.8 Å². The second kappa shape index (κ2) is 5.69. The van der Waals surface area contributed by atoms with Gasteiger partial charge in [-0.1, -0.05) is 23.8 Å². The summed E-state index contributed by atoms with van der Waals surface area (Å²) in [5, 5.41) is 3.01. The molecule has 94 valence electrons. The molecule has 0 heterocycles. The van der Waals surface area contributed by atoms with Gasteiger partial charge in [-0.15, -0.1) is 0 Å². The van der Waals surface area contributed by atoms with Crippen LogP contribution >= 0.6 is 0 Å². The highest BCUT2D eigenvalue weighted by Gasteiger charge is 2.06. The molecule has 0 bridgehead atoms. The zero-order valence-electron chi connectivity index (χ0n) is 10.3. The van der Waals surface area contributed by atoms with Crippen molar-refractivity contribution in [3.05, 3.63) is 54.1 Å². The van der Waals surface area contributed by atoms with E-state index in [9.17, 15) is 4.21 Å². The molecule has 1 N–H and O–H groups in total. The summed E-state index contributed by atoms with van der Waals surface area (Å²) in [4.78, 5) is 0.662. The molecule has 1 atom stereocenters. The van der Waals surface area contributed by atoms with E-state index in [2.05, 4.69) is 5.32 Å². The Labute approximate surface area is 109 Å². The van der Waals surface area contributed by atoms with Gasteiger partial charge in [0, 0.05) is 18.8 Å². The summed E-state index contributed by atoms with van der Waals surface area (Å²) in [6, 6.07) is 14.8. The number of hydrogen-bond acceptors (Lipinski definition) is 3. The molecule has 2 aromatic carbocycles. The van der Waals surface area contributed by atoms with Crippen molar-refractivity contribution in [3.8, 4) is 5.75 Å². The van der Waals surface area contributed by atoms with Crippen LogP contribution in [0, 0.1) is 6.92 Å². The molecular formula is C14H15NO2S. The Morgan fingerprint density at radius 3 is 2.50 bits per heavy atom. The molecule has 0 fully saturated rings. The quantitative estimate of drug-likeness (QED) is 0.919. The topological polar surface area (TPSA) is 38.3 Å². The van der Waals surface area contributed by atoms with E-state index in [4.69, 9.17) is 4.18 Å². The molecule has 2 aromatic rings. The average Bonchev–Trinajstić information content (AvgIpc) is 2.39. The van der Waals surface area contributed by atoms with Crippen molar-refractivity contribution < 1.29 is 8.39 Å². The molecule has 0 radical (unpaired) electrons. The smallest absolute Gasteiger partial charge is 0.240 e. The molecule has 0 saturated heterocycles. The molecule has 0 aromatic heterocycles. The highest BCUT2D eigenvalue weighted by molar-refractivity contribution is 7.80. The first kappa shape index (κ1) is 12.6. The van der Waals surface area contributed by atoms with Crippen LogP contribution in [0.5, 0.6) is 5.75 Å². The van der Waals surface area contributed by atoms with E-state index in [-0.39, 0.29) is 0 Å². The van der Waals surface area contributed by atoms with E-state index in [0.29, 0.717) is 10.6 Å². The molecule has 0 aliphatic carbocycles. The first-order valence-electron chi connectivity index (χ1n) is 5.63. The molecule has 0 amide bonds. The fourth-order valence-electron chi connectivity index (χ4n) is 1.49. The van der Waals surface area contributed by atoms with Gasteiger partial charge in [0.1, 0.15) is 5.75 Å². The highest BCUT2D eigenvalue weighted by atomic mass is 32.2. The van der Waals surface area contributed by atoms with Gasteiger partial charge in [-0.05, 0) is 31.2 Å². The Morgan fingerprint density at radius 2 is 1.83 bits per heavy atom. The highest BCUT2D eigenvalue weighted by Crippen LogP contribution is 2.20. The maximum Gasteiger partial charge on any atom is 0.240 e. The second-order valence-electron chi connectivity index (χ2n) is 3.91. The van der Waals surface area contributed by atoms with Crippen LogP contribution in [0.2, 0.25) is 0 Å². The van der Waals surface area contributed by atoms with Crippen LogP contribution in [0.1, 0.15) is 5.56 Å². The SMILES string of the molecule is CNc1cccc(OS(=O)c2ccc(C)cc2)c1. The van der Waals surface area contributed by atoms with E-state index in [1.807, 2.05) is 56.4 Å². The Hall–Kier alpha value is -1.81. The van der Waals surface area contributed by atoms with Crippen LogP contribution in [0.15, 0.2) is 53.4 Å². The lowest BCUT2D eigenvalue weighted by Gasteiger charge is -2.06. The van der Waals surface area contributed by atoms with Gasteiger partial charge in [0.15, 0.2) is 0 Å². The van der Waals surface area contributed by atoms with Gasteiger partial charge < -0.3 is 9.50 Å². The van der Waals surface area contributed by atoms with E-state index in [0.717, 1.165) is 11.3 Å². The standard InChI is InChI=1S/C14H15NO2S/c1-11-6-8-14(9-7-11)18(16)17-13-5-3-4-12(10-13)15-2/h3-10,15H,1-2H3. The van der Waals surface area contributed by atoms with Crippen molar-refractivity contribution in [2.24, 2.45) is 0 Å². The third-order valence-corrected chi connectivity index (χ3v) is 3.51. The summed E-state index contributed by atoms with van der Waals surface area (Å²) in [7, 11) is 1.83. The van der Waals surface area contributed by atoms with Crippen molar-refractivity contribution in [3.63, 3.8) is 0 Å². The minimum atomic E-state index is -1.48. The molecule has 3 nitrogen and oxygen atoms in total. The minimum Gasteiger partial charge on any atom is -0.397 e. The molecule has 18 heavy (non-hydrogen) atoms. The zero-order valence-corrected chi connectivity index (χ0v) is 11.2. The van der Waals surface area contributed by atoms with Gasteiger partial charge in [-0.2, -0.15) is 0 Å². The molecule has 0 spiro atoms. The summed E-state index contributed by atoms with van der Waals surface area (Å²) in [6.07, 6.45) is 0. The van der Waals surface area contributed by atoms with Gasteiger partial charge in [0.2, 0.25) is 11.1 Å². The summed E-state index contributed by atoms with van der Waals surface area (Å²) in [6.45, 7) is 1.99. The van der Waals surface area contributed by atoms with Crippen molar-refractivity contribution in [1.82, 2.24) is 0 Å². The van der Waals surface area contributed by atoms with E-state index in [1.54, 1.807) is 6.07 Å². The van der Waals surface area contributed by atoms with Crippen LogP contribution in [-0.2, 0) is 11.1 Å². The maximum atomic E-state index is 12.0. The van der Waals surface area contributed by atoms with Crippen LogP contribution < -0.4 is 9.50 Å². The molecule has 0 aliphatic rings. The van der Waals surface area contributed by atoms with Crippen LogP contribution in [-0.4, -0.2) is 11.3 Å². The second-order valence-corrected chi connectivity index (χ2v) is 5.02.